The second-order valence-electron chi connectivity index (χ2n) is 23.8. The van der Waals surface area contributed by atoms with E-state index in [-0.39, 0.29) is 47.2 Å². The predicted octanol–water partition coefficient (Wildman–Crippen LogP) is -3.32. The zero-order valence-electron chi connectivity index (χ0n) is 42.2. The molecule has 6 unspecified atom stereocenters. The van der Waals surface area contributed by atoms with Gasteiger partial charge in [0, 0.05) is 12.3 Å². The Balaban J connectivity index is 0.831. The highest BCUT2D eigenvalue weighted by Gasteiger charge is 2.68. The quantitative estimate of drug-likeness (QED) is 0.0714. The van der Waals surface area contributed by atoms with Crippen LogP contribution in [0.4, 0.5) is 0 Å². The highest BCUT2D eigenvalue weighted by Crippen LogP contribution is 2.71. The van der Waals surface area contributed by atoms with E-state index in [1.54, 1.807) is 0 Å². The smallest absolute Gasteiger partial charge is 0.187 e. The molecule has 31 atom stereocenters. The third-order valence-corrected chi connectivity index (χ3v) is 19.7. The minimum atomic E-state index is -1.85. The minimum absolute atomic E-state index is 0.0203. The first-order valence-electron chi connectivity index (χ1n) is 26.8. The molecule has 0 aromatic heterocycles. The van der Waals surface area contributed by atoms with Gasteiger partial charge in [-0.25, -0.2) is 0 Å². The van der Waals surface area contributed by atoms with E-state index in [2.05, 4.69) is 20.8 Å². The standard InChI is InChI=1S/C50H84O23/c1-20(18-65-44-39(61)36(58)34(56)29(15-51)68-44)7-12-50(64)21(2)32-28(73-50)14-26-24-6-5-22-13-23(8-10-48(22,3)25(24)9-11-49(26,32)4)67-47-43(72-46-40(62)37(59)35(57)30(16-52)69-46)41(63)42(31(17-53)70-47)71-45-38(60)33(55)27(54)19-66-45/h20-47,51-64H,5-19H2,1-4H3/t20?,21-,22+,23-,24?,25?,26?,27+,28?,29+,30+,31+,32?,33-,34+,35+,36-,37-,38-,39+,40+,41-,42+,43+,44+,45-,46-,47+,48-,49-,50+/m0/s1. The minimum Gasteiger partial charge on any atom is -0.394 e. The van der Waals surface area contributed by atoms with Crippen molar-refractivity contribution in [2.24, 2.45) is 52.3 Å². The van der Waals surface area contributed by atoms with Crippen LogP contribution in [0, 0.1) is 52.3 Å². The van der Waals surface area contributed by atoms with E-state index in [1.807, 2.05) is 6.92 Å². The topological polar surface area (TPSA) is 366 Å². The van der Waals surface area contributed by atoms with Crippen LogP contribution in [-0.2, 0) is 42.6 Å². The van der Waals surface area contributed by atoms with Crippen molar-refractivity contribution in [3.63, 3.8) is 0 Å². The van der Waals surface area contributed by atoms with Gasteiger partial charge >= 0.3 is 0 Å². The summed E-state index contributed by atoms with van der Waals surface area (Å²) in [7, 11) is 0. The summed E-state index contributed by atoms with van der Waals surface area (Å²) in [6.07, 6.45) is -21.6. The van der Waals surface area contributed by atoms with Crippen molar-refractivity contribution in [1.29, 1.82) is 0 Å². The molecule has 23 nitrogen and oxygen atoms in total. The van der Waals surface area contributed by atoms with Gasteiger partial charge < -0.3 is 114 Å². The van der Waals surface area contributed by atoms with E-state index < -0.39 is 155 Å². The fourth-order valence-electron chi connectivity index (χ4n) is 15.4. The fraction of sp³-hybridized carbons (Fsp3) is 1.00. The number of aliphatic hydroxyl groups excluding tert-OH is 13. The maximum Gasteiger partial charge on any atom is 0.187 e. The summed E-state index contributed by atoms with van der Waals surface area (Å²) in [5.41, 5.74) is -0.0627. The Kier molecular flexibility index (Phi) is 17.4. The molecule has 0 amide bonds. The van der Waals surface area contributed by atoms with Gasteiger partial charge in [0.15, 0.2) is 30.9 Å². The molecule has 5 heterocycles. The Hall–Kier alpha value is -0.920. The third kappa shape index (κ3) is 10.3. The lowest BCUT2D eigenvalue weighted by Crippen LogP contribution is -2.66. The summed E-state index contributed by atoms with van der Waals surface area (Å²) in [5, 5.41) is 148. The van der Waals surface area contributed by atoms with Crippen molar-refractivity contribution in [2.45, 2.75) is 227 Å². The second-order valence-corrected chi connectivity index (χ2v) is 23.8. The summed E-state index contributed by atoms with van der Waals surface area (Å²) in [4.78, 5) is 0. The molecule has 9 fully saturated rings. The normalized spacial score (nSPS) is 55.6. The van der Waals surface area contributed by atoms with E-state index in [0.717, 1.165) is 38.5 Å². The number of aliphatic hydroxyl groups is 14. The molecule has 0 aromatic carbocycles. The van der Waals surface area contributed by atoms with Crippen LogP contribution in [0.5, 0.6) is 0 Å². The van der Waals surface area contributed by atoms with E-state index >= 15 is 0 Å². The van der Waals surface area contributed by atoms with Gasteiger partial charge in [-0.1, -0.05) is 27.7 Å². The first kappa shape index (κ1) is 56.8. The van der Waals surface area contributed by atoms with Crippen LogP contribution in [0.3, 0.4) is 0 Å². The summed E-state index contributed by atoms with van der Waals surface area (Å²) < 4.78 is 54.1. The van der Waals surface area contributed by atoms with Crippen molar-refractivity contribution < 1.29 is 114 Å². The zero-order valence-corrected chi connectivity index (χ0v) is 42.2. The van der Waals surface area contributed by atoms with Crippen LogP contribution >= 0.6 is 0 Å². The molecule has 5 saturated heterocycles. The van der Waals surface area contributed by atoms with Crippen molar-refractivity contribution >= 4 is 0 Å². The fourth-order valence-corrected chi connectivity index (χ4v) is 15.4. The summed E-state index contributed by atoms with van der Waals surface area (Å²) in [6, 6.07) is 0. The summed E-state index contributed by atoms with van der Waals surface area (Å²) >= 11 is 0. The average molecular weight is 1050 g/mol. The van der Waals surface area contributed by atoms with Crippen molar-refractivity contribution in [3.8, 4) is 0 Å². The number of ether oxygens (including phenoxy) is 9. The number of hydrogen-bond donors (Lipinski definition) is 14. The molecular formula is C50H84O23. The molecule has 0 spiro atoms. The Morgan fingerprint density at radius 3 is 1.86 bits per heavy atom. The van der Waals surface area contributed by atoms with Crippen molar-refractivity contribution in [2.75, 3.05) is 33.0 Å². The van der Waals surface area contributed by atoms with Gasteiger partial charge in [0.25, 0.3) is 0 Å². The Labute approximate surface area is 425 Å². The van der Waals surface area contributed by atoms with Crippen LogP contribution < -0.4 is 0 Å². The lowest BCUT2D eigenvalue weighted by molar-refractivity contribution is -0.388. The third-order valence-electron chi connectivity index (χ3n) is 19.7. The molecule has 0 radical (unpaired) electrons. The van der Waals surface area contributed by atoms with E-state index in [4.69, 9.17) is 42.6 Å². The van der Waals surface area contributed by atoms with Crippen LogP contribution in [0.15, 0.2) is 0 Å². The molecule has 14 N–H and O–H groups in total. The highest BCUT2D eigenvalue weighted by molar-refractivity contribution is 5.15. The lowest BCUT2D eigenvalue weighted by Gasteiger charge is -2.61. The van der Waals surface area contributed by atoms with Gasteiger partial charge in [-0.05, 0) is 104 Å². The van der Waals surface area contributed by atoms with Gasteiger partial charge in [0.2, 0.25) is 0 Å². The maximum atomic E-state index is 12.1. The monoisotopic (exact) mass is 1050 g/mol. The molecule has 73 heavy (non-hydrogen) atoms. The molecular weight excluding hydrogens is 969 g/mol. The SMILES string of the molecule is CC(CC[C@@]1(O)OC2CC3C4CC[C@@H]5C[C@@H](O[C@@H]6O[C@H](CO)[C@@H](O[C@@H]7OC[C@@H](O)[C@H](O)[C@@H]7O)[C@H](O)[C@H]6O[C@@H]6O[C@H](CO)[C@@H](O)[C@H](O)[C@H]6O)CC[C@]5(C)C4CC[C@]3(C)C2[C@@H]1C)CO[C@@H]1O[C@H](CO)[C@@H](O)[C@H](O)[C@H]1O. The van der Waals surface area contributed by atoms with E-state index in [0.29, 0.717) is 43.4 Å². The highest BCUT2D eigenvalue weighted by atomic mass is 16.8. The molecule has 5 aliphatic heterocycles. The average Bonchev–Trinajstić information content (AvgIpc) is 3.81. The van der Waals surface area contributed by atoms with Crippen LogP contribution in [0.25, 0.3) is 0 Å². The van der Waals surface area contributed by atoms with Crippen LogP contribution in [0.1, 0.15) is 91.9 Å². The maximum absolute atomic E-state index is 12.1. The van der Waals surface area contributed by atoms with Gasteiger partial charge in [-0.2, -0.15) is 0 Å². The van der Waals surface area contributed by atoms with Crippen molar-refractivity contribution in [1.82, 2.24) is 0 Å². The molecule has 4 aliphatic carbocycles. The lowest BCUT2D eigenvalue weighted by atomic mass is 9.44. The largest absolute Gasteiger partial charge is 0.394 e. The van der Waals surface area contributed by atoms with Crippen molar-refractivity contribution in [3.05, 3.63) is 0 Å². The summed E-state index contributed by atoms with van der Waals surface area (Å²) in [6.45, 7) is 6.62. The van der Waals surface area contributed by atoms with E-state index in [9.17, 15) is 71.5 Å². The van der Waals surface area contributed by atoms with Gasteiger partial charge in [0.05, 0.1) is 45.2 Å². The van der Waals surface area contributed by atoms with Crippen LogP contribution in [0.2, 0.25) is 0 Å². The molecule has 9 aliphatic rings. The van der Waals surface area contributed by atoms with E-state index in [1.165, 1.54) is 0 Å². The Morgan fingerprint density at radius 2 is 1.19 bits per heavy atom. The number of fused-ring (bicyclic) bond motifs is 7. The number of hydrogen-bond acceptors (Lipinski definition) is 23. The Bertz CT molecular complexity index is 1820. The first-order valence-corrected chi connectivity index (χ1v) is 26.8. The second kappa shape index (κ2) is 22.3. The van der Waals surface area contributed by atoms with Crippen LogP contribution in [-0.4, -0.2) is 239 Å². The molecule has 0 aromatic rings. The summed E-state index contributed by atoms with van der Waals surface area (Å²) in [5.74, 6) is 0.188. The van der Waals surface area contributed by atoms with Gasteiger partial charge in [0.1, 0.15) is 91.6 Å². The van der Waals surface area contributed by atoms with Gasteiger partial charge in [-0.3, -0.25) is 0 Å². The first-order chi connectivity index (χ1) is 34.6. The molecule has 422 valence electrons. The Morgan fingerprint density at radius 1 is 0.589 bits per heavy atom. The molecule has 23 heteroatoms. The number of rotatable bonds is 15. The molecule has 0 bridgehead atoms. The molecule has 9 rings (SSSR count). The zero-order chi connectivity index (χ0) is 52.6. The predicted molar refractivity (Wildman–Crippen MR) is 246 cm³/mol. The van der Waals surface area contributed by atoms with Gasteiger partial charge in [-0.15, -0.1) is 0 Å². The molecule has 4 saturated carbocycles.